The first kappa shape index (κ1) is 17.0. The molecule has 3 nitrogen and oxygen atoms in total. The van der Waals surface area contributed by atoms with Gasteiger partial charge in [0.15, 0.2) is 0 Å². The van der Waals surface area contributed by atoms with Crippen molar-refractivity contribution in [3.8, 4) is 0 Å². The molecule has 0 aliphatic carbocycles. The standard InChI is InChI=1S/C16H25ClN2O/c1-5-7-11(2)18-16(20)13(4)19-12(3)14-8-6-9-15(17)10-14/h6,8-13,19H,5,7H2,1-4H3,(H,18,20)/t11?,12-,13?/m0/s1. The number of benzene rings is 1. The van der Waals surface area contributed by atoms with Gasteiger partial charge in [0, 0.05) is 17.1 Å². The van der Waals surface area contributed by atoms with Gasteiger partial charge < -0.3 is 5.32 Å². The quantitative estimate of drug-likeness (QED) is 0.806. The molecule has 1 rings (SSSR count). The molecule has 0 heterocycles. The highest BCUT2D eigenvalue weighted by Gasteiger charge is 2.17. The summed E-state index contributed by atoms with van der Waals surface area (Å²) in [6.07, 6.45) is 2.07. The first-order valence-electron chi connectivity index (χ1n) is 7.26. The molecule has 3 atom stereocenters. The van der Waals surface area contributed by atoms with Crippen molar-refractivity contribution in [1.82, 2.24) is 10.6 Å². The first-order chi connectivity index (χ1) is 9.43. The Kier molecular flexibility index (Phi) is 7.03. The fourth-order valence-electron chi connectivity index (χ4n) is 2.20. The van der Waals surface area contributed by atoms with Gasteiger partial charge in [-0.2, -0.15) is 0 Å². The van der Waals surface area contributed by atoms with Crippen LogP contribution in [0.2, 0.25) is 5.02 Å². The van der Waals surface area contributed by atoms with Crippen LogP contribution in [0.25, 0.3) is 0 Å². The maximum absolute atomic E-state index is 12.1. The van der Waals surface area contributed by atoms with Crippen molar-refractivity contribution >= 4 is 17.5 Å². The van der Waals surface area contributed by atoms with Gasteiger partial charge in [-0.25, -0.2) is 0 Å². The number of hydrogen-bond donors (Lipinski definition) is 2. The van der Waals surface area contributed by atoms with Gasteiger partial charge >= 0.3 is 0 Å². The van der Waals surface area contributed by atoms with E-state index in [1.54, 1.807) is 0 Å². The lowest BCUT2D eigenvalue weighted by Crippen LogP contribution is -2.46. The summed E-state index contributed by atoms with van der Waals surface area (Å²) < 4.78 is 0. The molecular weight excluding hydrogens is 272 g/mol. The molecule has 1 aromatic carbocycles. The van der Waals surface area contributed by atoms with Crippen LogP contribution in [0.1, 0.15) is 52.1 Å². The molecule has 1 aromatic rings. The molecule has 0 spiro atoms. The van der Waals surface area contributed by atoms with Crippen LogP contribution in [0.3, 0.4) is 0 Å². The van der Waals surface area contributed by atoms with E-state index in [1.165, 1.54) is 0 Å². The van der Waals surface area contributed by atoms with Crippen molar-refractivity contribution < 1.29 is 4.79 Å². The van der Waals surface area contributed by atoms with E-state index in [0.29, 0.717) is 5.02 Å². The van der Waals surface area contributed by atoms with Gasteiger partial charge in [-0.05, 0) is 44.9 Å². The number of carbonyl (C=O) groups excluding carboxylic acids is 1. The minimum absolute atomic E-state index is 0.0415. The van der Waals surface area contributed by atoms with Crippen LogP contribution in [0.5, 0.6) is 0 Å². The maximum atomic E-state index is 12.1. The van der Waals surface area contributed by atoms with E-state index < -0.39 is 0 Å². The molecule has 0 bridgehead atoms. The Labute approximate surface area is 127 Å². The zero-order valence-corrected chi connectivity index (χ0v) is 13.5. The number of carbonyl (C=O) groups is 1. The van der Waals surface area contributed by atoms with Gasteiger partial charge in [0.2, 0.25) is 5.91 Å². The predicted molar refractivity (Wildman–Crippen MR) is 85.0 cm³/mol. The van der Waals surface area contributed by atoms with Crippen molar-refractivity contribution in [3.63, 3.8) is 0 Å². The van der Waals surface area contributed by atoms with Crippen LogP contribution in [0.15, 0.2) is 24.3 Å². The number of halogens is 1. The molecule has 0 aliphatic rings. The summed E-state index contributed by atoms with van der Waals surface area (Å²) in [6, 6.07) is 7.76. The number of nitrogens with one attached hydrogen (secondary N) is 2. The minimum Gasteiger partial charge on any atom is -0.352 e. The Hall–Kier alpha value is -1.06. The maximum Gasteiger partial charge on any atom is 0.237 e. The summed E-state index contributed by atoms with van der Waals surface area (Å²) in [7, 11) is 0. The van der Waals surface area contributed by atoms with E-state index in [2.05, 4.69) is 17.6 Å². The third kappa shape index (κ3) is 5.51. The Morgan fingerprint density at radius 3 is 2.60 bits per heavy atom. The normalized spacial score (nSPS) is 15.4. The second kappa shape index (κ2) is 8.28. The van der Waals surface area contributed by atoms with Crippen LogP contribution in [0, 0.1) is 0 Å². The molecule has 0 aromatic heterocycles. The molecule has 2 N–H and O–H groups in total. The molecule has 112 valence electrons. The largest absolute Gasteiger partial charge is 0.352 e. The summed E-state index contributed by atoms with van der Waals surface area (Å²) in [5, 5.41) is 7.03. The number of hydrogen-bond acceptors (Lipinski definition) is 2. The first-order valence-corrected chi connectivity index (χ1v) is 7.63. The zero-order chi connectivity index (χ0) is 15.1. The lowest BCUT2D eigenvalue weighted by molar-refractivity contribution is -0.123. The second-order valence-corrected chi connectivity index (χ2v) is 5.80. The van der Waals surface area contributed by atoms with Crippen LogP contribution in [-0.4, -0.2) is 18.0 Å². The SMILES string of the molecule is CCCC(C)NC(=O)C(C)N[C@@H](C)c1cccc(Cl)c1. The van der Waals surface area contributed by atoms with E-state index in [1.807, 2.05) is 45.0 Å². The highest BCUT2D eigenvalue weighted by Crippen LogP contribution is 2.17. The average Bonchev–Trinajstić information content (AvgIpc) is 2.38. The summed E-state index contributed by atoms with van der Waals surface area (Å²) in [5.74, 6) is 0.0415. The molecule has 0 fully saturated rings. The molecule has 0 aliphatic heterocycles. The molecule has 0 radical (unpaired) electrons. The minimum atomic E-state index is -0.233. The average molecular weight is 297 g/mol. The lowest BCUT2D eigenvalue weighted by Gasteiger charge is -2.22. The summed E-state index contributed by atoms with van der Waals surface area (Å²) >= 11 is 5.98. The zero-order valence-electron chi connectivity index (χ0n) is 12.7. The third-order valence-corrected chi connectivity index (χ3v) is 3.59. The molecule has 0 saturated heterocycles. The Morgan fingerprint density at radius 2 is 2.00 bits per heavy atom. The van der Waals surface area contributed by atoms with E-state index >= 15 is 0 Å². The fourth-order valence-corrected chi connectivity index (χ4v) is 2.39. The predicted octanol–water partition coefficient (Wildman–Crippen LogP) is 3.68. The van der Waals surface area contributed by atoms with E-state index in [-0.39, 0.29) is 24.0 Å². The second-order valence-electron chi connectivity index (χ2n) is 5.36. The van der Waals surface area contributed by atoms with Crippen molar-refractivity contribution in [1.29, 1.82) is 0 Å². The van der Waals surface area contributed by atoms with Crippen LogP contribution in [-0.2, 0) is 4.79 Å². The highest BCUT2D eigenvalue weighted by atomic mass is 35.5. The number of rotatable bonds is 7. The van der Waals surface area contributed by atoms with E-state index in [0.717, 1.165) is 18.4 Å². The fraction of sp³-hybridized carbons (Fsp3) is 0.562. The monoisotopic (exact) mass is 296 g/mol. The topological polar surface area (TPSA) is 41.1 Å². The van der Waals surface area contributed by atoms with Crippen LogP contribution in [0.4, 0.5) is 0 Å². The van der Waals surface area contributed by atoms with Crippen molar-refractivity contribution in [3.05, 3.63) is 34.9 Å². The van der Waals surface area contributed by atoms with Gasteiger partial charge in [-0.3, -0.25) is 10.1 Å². The lowest BCUT2D eigenvalue weighted by atomic mass is 10.1. The van der Waals surface area contributed by atoms with Crippen molar-refractivity contribution in [2.45, 2.75) is 58.7 Å². The van der Waals surface area contributed by atoms with Crippen LogP contribution >= 0.6 is 11.6 Å². The van der Waals surface area contributed by atoms with E-state index in [9.17, 15) is 4.79 Å². The smallest absolute Gasteiger partial charge is 0.237 e. The van der Waals surface area contributed by atoms with Crippen molar-refractivity contribution in [2.75, 3.05) is 0 Å². The molecule has 1 amide bonds. The summed E-state index contributed by atoms with van der Waals surface area (Å²) in [5.41, 5.74) is 1.08. The van der Waals surface area contributed by atoms with Gasteiger partial charge in [0.25, 0.3) is 0 Å². The highest BCUT2D eigenvalue weighted by molar-refractivity contribution is 6.30. The molecule has 2 unspecified atom stereocenters. The summed E-state index contributed by atoms with van der Waals surface area (Å²) in [6.45, 7) is 8.07. The van der Waals surface area contributed by atoms with Gasteiger partial charge in [-0.1, -0.05) is 37.1 Å². The Morgan fingerprint density at radius 1 is 1.30 bits per heavy atom. The van der Waals surface area contributed by atoms with Gasteiger partial charge in [0.1, 0.15) is 0 Å². The Bertz CT molecular complexity index is 436. The van der Waals surface area contributed by atoms with E-state index in [4.69, 9.17) is 11.6 Å². The van der Waals surface area contributed by atoms with Gasteiger partial charge in [-0.15, -0.1) is 0 Å². The molecule has 20 heavy (non-hydrogen) atoms. The Balaban J connectivity index is 2.52. The molecular formula is C16H25ClN2O. The molecule has 0 saturated carbocycles. The van der Waals surface area contributed by atoms with Gasteiger partial charge in [0.05, 0.1) is 6.04 Å². The molecule has 4 heteroatoms. The number of amides is 1. The van der Waals surface area contributed by atoms with Crippen molar-refractivity contribution in [2.24, 2.45) is 0 Å². The third-order valence-electron chi connectivity index (χ3n) is 3.35. The van der Waals surface area contributed by atoms with Crippen LogP contribution < -0.4 is 10.6 Å². The summed E-state index contributed by atoms with van der Waals surface area (Å²) in [4.78, 5) is 12.1.